The summed E-state index contributed by atoms with van der Waals surface area (Å²) in [5.41, 5.74) is 1.95. The van der Waals surface area contributed by atoms with E-state index in [9.17, 15) is 8.42 Å². The van der Waals surface area contributed by atoms with Crippen LogP contribution in [0.1, 0.15) is 17.3 Å². The van der Waals surface area contributed by atoms with Gasteiger partial charge in [-0.15, -0.1) is 0 Å². The van der Waals surface area contributed by atoms with E-state index < -0.39 is 10.0 Å². The zero-order chi connectivity index (χ0) is 17.4. The number of hydrogen-bond acceptors (Lipinski definition) is 2. The number of fused-ring (bicyclic) bond motifs is 1. The van der Waals surface area contributed by atoms with Gasteiger partial charge >= 0.3 is 0 Å². The summed E-state index contributed by atoms with van der Waals surface area (Å²) < 4.78 is 31.3. The standard InChI is InChI=1S/C19H17BrN2O2S/c20-16-10-8-15(9-11-16)19-18-7-4-12-21(18)13-14-22(19)25(23,24)17-5-2-1-3-6-17/h1-12,19H,13-14H2/t19-/m0/s1. The summed E-state index contributed by atoms with van der Waals surface area (Å²) in [6, 6.07) is 20.1. The first-order valence-electron chi connectivity index (χ1n) is 8.05. The molecule has 0 fully saturated rings. The maximum absolute atomic E-state index is 13.3. The summed E-state index contributed by atoms with van der Waals surface area (Å²) in [5, 5.41) is 0. The van der Waals surface area contributed by atoms with Crippen LogP contribution in [0.3, 0.4) is 0 Å². The lowest BCUT2D eigenvalue weighted by atomic mass is 10.0. The van der Waals surface area contributed by atoms with E-state index in [-0.39, 0.29) is 6.04 Å². The molecule has 0 bridgehead atoms. The summed E-state index contributed by atoms with van der Waals surface area (Å²) in [5.74, 6) is 0. The molecule has 4 rings (SSSR count). The van der Waals surface area contributed by atoms with E-state index in [1.165, 1.54) is 0 Å². The van der Waals surface area contributed by atoms with Crippen LogP contribution in [-0.4, -0.2) is 23.8 Å². The average Bonchev–Trinajstić information content (AvgIpc) is 3.11. The molecule has 4 nitrogen and oxygen atoms in total. The van der Waals surface area contributed by atoms with Crippen LogP contribution >= 0.6 is 15.9 Å². The molecule has 25 heavy (non-hydrogen) atoms. The van der Waals surface area contributed by atoms with E-state index in [0.717, 1.165) is 15.7 Å². The SMILES string of the molecule is O=S(=O)(c1ccccc1)N1CCn2cccc2[C@@H]1c1ccc(Br)cc1. The molecule has 0 amide bonds. The minimum atomic E-state index is -3.58. The zero-order valence-electron chi connectivity index (χ0n) is 13.4. The Balaban J connectivity index is 1.85. The third-order valence-corrected chi connectivity index (χ3v) is 6.94. The molecule has 128 valence electrons. The number of benzene rings is 2. The molecule has 1 aliphatic heterocycles. The van der Waals surface area contributed by atoms with Gasteiger partial charge in [0.2, 0.25) is 10.0 Å². The van der Waals surface area contributed by atoms with Gasteiger partial charge < -0.3 is 4.57 Å². The molecule has 2 heterocycles. The number of rotatable bonds is 3. The molecule has 1 aliphatic rings. The Labute approximate surface area is 155 Å². The van der Waals surface area contributed by atoms with Crippen LogP contribution in [0.25, 0.3) is 0 Å². The molecule has 3 aromatic rings. The molecule has 1 atom stereocenters. The van der Waals surface area contributed by atoms with Crippen molar-refractivity contribution in [3.8, 4) is 0 Å². The first kappa shape index (κ1) is 16.6. The van der Waals surface area contributed by atoms with Crippen molar-refractivity contribution in [1.82, 2.24) is 8.87 Å². The normalized spacial score (nSPS) is 18.0. The molecule has 2 aromatic carbocycles. The lowest BCUT2D eigenvalue weighted by Crippen LogP contribution is -2.42. The van der Waals surface area contributed by atoms with Gasteiger partial charge in [0, 0.05) is 29.5 Å². The minimum absolute atomic E-state index is 0.331. The van der Waals surface area contributed by atoms with E-state index >= 15 is 0 Å². The van der Waals surface area contributed by atoms with E-state index in [2.05, 4.69) is 20.5 Å². The maximum atomic E-state index is 13.3. The van der Waals surface area contributed by atoms with Crippen molar-refractivity contribution < 1.29 is 8.42 Å². The van der Waals surface area contributed by atoms with Gasteiger partial charge in [0.05, 0.1) is 10.9 Å². The molecule has 0 unspecified atom stereocenters. The van der Waals surface area contributed by atoms with Gasteiger partial charge in [0.25, 0.3) is 0 Å². The van der Waals surface area contributed by atoms with Crippen molar-refractivity contribution in [1.29, 1.82) is 0 Å². The largest absolute Gasteiger partial charge is 0.348 e. The Morgan fingerprint density at radius 2 is 1.60 bits per heavy atom. The highest BCUT2D eigenvalue weighted by Gasteiger charge is 2.37. The van der Waals surface area contributed by atoms with Crippen LogP contribution in [-0.2, 0) is 16.6 Å². The third-order valence-electron chi connectivity index (χ3n) is 4.53. The Morgan fingerprint density at radius 3 is 2.32 bits per heavy atom. The van der Waals surface area contributed by atoms with Crippen molar-refractivity contribution in [2.75, 3.05) is 6.54 Å². The fourth-order valence-corrected chi connectivity index (χ4v) is 5.20. The summed E-state index contributed by atoms with van der Waals surface area (Å²) in [6.07, 6.45) is 2.01. The fraction of sp³-hybridized carbons (Fsp3) is 0.158. The number of nitrogens with zero attached hydrogens (tertiary/aromatic N) is 2. The molecule has 0 saturated carbocycles. The first-order chi connectivity index (χ1) is 12.1. The number of halogens is 1. The van der Waals surface area contributed by atoms with E-state index in [0.29, 0.717) is 18.0 Å². The lowest BCUT2D eigenvalue weighted by molar-refractivity contribution is 0.298. The molecule has 0 saturated heterocycles. The first-order valence-corrected chi connectivity index (χ1v) is 10.3. The molecule has 0 aliphatic carbocycles. The van der Waals surface area contributed by atoms with Crippen LogP contribution in [0.4, 0.5) is 0 Å². The van der Waals surface area contributed by atoms with Gasteiger partial charge in [-0.3, -0.25) is 0 Å². The number of sulfonamides is 1. The van der Waals surface area contributed by atoms with Crippen LogP contribution < -0.4 is 0 Å². The smallest absolute Gasteiger partial charge is 0.244 e. The minimum Gasteiger partial charge on any atom is -0.348 e. The van der Waals surface area contributed by atoms with Gasteiger partial charge in [-0.05, 0) is 42.0 Å². The Bertz CT molecular complexity index is 982. The molecule has 0 radical (unpaired) electrons. The Morgan fingerprint density at radius 1 is 0.880 bits per heavy atom. The van der Waals surface area contributed by atoms with Crippen LogP contribution in [0.15, 0.2) is 82.3 Å². The second kappa shape index (κ2) is 6.44. The quantitative estimate of drug-likeness (QED) is 0.646. The predicted octanol–water partition coefficient (Wildman–Crippen LogP) is 4.04. The highest BCUT2D eigenvalue weighted by molar-refractivity contribution is 9.10. The van der Waals surface area contributed by atoms with Crippen molar-refractivity contribution in [2.45, 2.75) is 17.5 Å². The second-order valence-corrected chi connectivity index (χ2v) is 8.82. The summed E-state index contributed by atoms with van der Waals surface area (Å²) in [4.78, 5) is 0.331. The summed E-state index contributed by atoms with van der Waals surface area (Å²) >= 11 is 3.45. The van der Waals surface area contributed by atoms with Gasteiger partial charge in [-0.1, -0.05) is 46.3 Å². The number of aromatic nitrogens is 1. The second-order valence-electron chi connectivity index (χ2n) is 6.01. The van der Waals surface area contributed by atoms with E-state index in [1.54, 1.807) is 28.6 Å². The van der Waals surface area contributed by atoms with Crippen molar-refractivity contribution >= 4 is 26.0 Å². The maximum Gasteiger partial charge on any atom is 0.244 e. The Kier molecular flexibility index (Phi) is 4.27. The lowest BCUT2D eigenvalue weighted by Gasteiger charge is -2.36. The van der Waals surface area contributed by atoms with E-state index in [1.807, 2.05) is 48.7 Å². The zero-order valence-corrected chi connectivity index (χ0v) is 15.8. The Hall–Kier alpha value is -1.89. The van der Waals surface area contributed by atoms with Gasteiger partial charge in [-0.25, -0.2) is 8.42 Å². The van der Waals surface area contributed by atoms with Gasteiger partial charge in [-0.2, -0.15) is 4.31 Å². The molecule has 0 spiro atoms. The van der Waals surface area contributed by atoms with Crippen LogP contribution in [0.5, 0.6) is 0 Å². The van der Waals surface area contributed by atoms with E-state index in [4.69, 9.17) is 0 Å². The fourth-order valence-electron chi connectivity index (χ4n) is 3.33. The monoisotopic (exact) mass is 416 g/mol. The molecule has 1 aromatic heterocycles. The highest BCUT2D eigenvalue weighted by Crippen LogP contribution is 2.36. The van der Waals surface area contributed by atoms with Gasteiger partial charge in [0.15, 0.2) is 0 Å². The van der Waals surface area contributed by atoms with Crippen molar-refractivity contribution in [3.05, 3.63) is 88.7 Å². The molecular weight excluding hydrogens is 400 g/mol. The average molecular weight is 417 g/mol. The third kappa shape index (κ3) is 2.94. The van der Waals surface area contributed by atoms with Crippen LogP contribution in [0.2, 0.25) is 0 Å². The number of hydrogen-bond donors (Lipinski definition) is 0. The van der Waals surface area contributed by atoms with Gasteiger partial charge in [0.1, 0.15) is 0 Å². The van der Waals surface area contributed by atoms with Crippen molar-refractivity contribution in [3.63, 3.8) is 0 Å². The molecule has 6 heteroatoms. The summed E-state index contributed by atoms with van der Waals surface area (Å²) in [7, 11) is -3.58. The predicted molar refractivity (Wildman–Crippen MR) is 101 cm³/mol. The van der Waals surface area contributed by atoms with Crippen LogP contribution in [0, 0.1) is 0 Å². The highest BCUT2D eigenvalue weighted by atomic mass is 79.9. The van der Waals surface area contributed by atoms with Crippen molar-refractivity contribution in [2.24, 2.45) is 0 Å². The summed E-state index contributed by atoms with van der Waals surface area (Å²) in [6.45, 7) is 1.10. The molecule has 0 N–H and O–H groups in total. The molecular formula is C19H17BrN2O2S. The topological polar surface area (TPSA) is 42.3 Å².